The fraction of sp³-hybridized carbons (Fsp3) is 0.750. The van der Waals surface area contributed by atoms with Crippen LogP contribution in [0, 0.1) is 0 Å². The largest absolute Gasteiger partial charge is 0.480 e. The van der Waals surface area contributed by atoms with Gasteiger partial charge < -0.3 is 15.3 Å². The average Bonchev–Trinajstić information content (AvgIpc) is 2.11. The summed E-state index contributed by atoms with van der Waals surface area (Å²) in [6, 6.07) is -1.09. The molecule has 0 unspecified atom stereocenters. The molecule has 0 aromatic rings. The Bertz CT molecular complexity index is 289. The standard InChI is InChI=1S/C8H13F3N2O3/c1-7(2,5(14)15)13(3)6(16)12-4-8(9,10)11/h4H2,1-3H3,(H,12,16)(H,14,15). The van der Waals surface area contributed by atoms with Crippen molar-refractivity contribution in [3.63, 3.8) is 0 Å². The maximum absolute atomic E-state index is 11.8. The highest BCUT2D eigenvalue weighted by atomic mass is 19.4. The molecule has 16 heavy (non-hydrogen) atoms. The molecular formula is C8H13F3N2O3. The molecule has 2 amide bonds. The third kappa shape index (κ3) is 3.95. The number of alkyl halides is 3. The van der Waals surface area contributed by atoms with Crippen molar-refractivity contribution in [3.05, 3.63) is 0 Å². The van der Waals surface area contributed by atoms with Crippen molar-refractivity contribution < 1.29 is 27.9 Å². The number of amides is 2. The summed E-state index contributed by atoms with van der Waals surface area (Å²) in [5, 5.41) is 10.3. The van der Waals surface area contributed by atoms with E-state index in [2.05, 4.69) is 0 Å². The van der Waals surface area contributed by atoms with E-state index < -0.39 is 30.3 Å². The van der Waals surface area contributed by atoms with Crippen LogP contribution in [0.2, 0.25) is 0 Å². The minimum atomic E-state index is -4.52. The van der Waals surface area contributed by atoms with Crippen molar-refractivity contribution >= 4 is 12.0 Å². The summed E-state index contributed by atoms with van der Waals surface area (Å²) in [6.45, 7) is 0.927. The van der Waals surface area contributed by atoms with Gasteiger partial charge in [0.1, 0.15) is 12.1 Å². The minimum absolute atomic E-state index is 0.696. The molecule has 0 bridgehead atoms. The molecule has 0 spiro atoms. The summed E-state index contributed by atoms with van der Waals surface area (Å²) in [6.07, 6.45) is -4.52. The lowest BCUT2D eigenvalue weighted by molar-refractivity contribution is -0.147. The Balaban J connectivity index is 4.46. The van der Waals surface area contributed by atoms with Crippen LogP contribution in [-0.2, 0) is 4.79 Å². The highest BCUT2D eigenvalue weighted by Crippen LogP contribution is 2.15. The number of aliphatic carboxylic acids is 1. The summed E-state index contributed by atoms with van der Waals surface area (Å²) in [7, 11) is 1.11. The molecule has 0 aliphatic heterocycles. The van der Waals surface area contributed by atoms with Crippen LogP contribution in [0.5, 0.6) is 0 Å². The molecule has 0 rings (SSSR count). The summed E-state index contributed by atoms with van der Waals surface area (Å²) >= 11 is 0. The number of halogens is 3. The predicted molar refractivity (Wildman–Crippen MR) is 48.9 cm³/mol. The third-order valence-corrected chi connectivity index (χ3v) is 2.11. The van der Waals surface area contributed by atoms with Gasteiger partial charge in [0.15, 0.2) is 0 Å². The highest BCUT2D eigenvalue weighted by molar-refractivity contribution is 5.85. The van der Waals surface area contributed by atoms with Crippen molar-refractivity contribution in [2.75, 3.05) is 13.6 Å². The first-order valence-corrected chi connectivity index (χ1v) is 4.30. The van der Waals surface area contributed by atoms with E-state index in [4.69, 9.17) is 5.11 Å². The molecule has 5 nitrogen and oxygen atoms in total. The molecular weight excluding hydrogens is 229 g/mol. The third-order valence-electron chi connectivity index (χ3n) is 2.11. The number of urea groups is 1. The van der Waals surface area contributed by atoms with Crippen LogP contribution < -0.4 is 5.32 Å². The van der Waals surface area contributed by atoms with Crippen LogP contribution in [0.1, 0.15) is 13.8 Å². The quantitative estimate of drug-likeness (QED) is 0.777. The molecule has 0 atom stereocenters. The lowest BCUT2D eigenvalue weighted by Gasteiger charge is -2.31. The molecule has 0 saturated heterocycles. The smallest absolute Gasteiger partial charge is 0.405 e. The van der Waals surface area contributed by atoms with Gasteiger partial charge in [0.2, 0.25) is 0 Å². The van der Waals surface area contributed by atoms with Gasteiger partial charge in [0.05, 0.1) is 0 Å². The Hall–Kier alpha value is -1.47. The summed E-state index contributed by atoms with van der Waals surface area (Å²) in [5.74, 6) is -1.31. The monoisotopic (exact) mass is 242 g/mol. The maximum Gasteiger partial charge on any atom is 0.405 e. The molecule has 94 valence electrons. The molecule has 0 heterocycles. The Kier molecular flexibility index (Phi) is 4.16. The van der Waals surface area contributed by atoms with Crippen molar-refractivity contribution in [2.45, 2.75) is 25.6 Å². The highest BCUT2D eigenvalue weighted by Gasteiger charge is 2.36. The second-order valence-corrected chi connectivity index (χ2v) is 3.70. The molecule has 2 N–H and O–H groups in total. The van der Waals surface area contributed by atoms with E-state index in [1.54, 1.807) is 5.32 Å². The number of carbonyl (C=O) groups is 2. The van der Waals surface area contributed by atoms with E-state index in [-0.39, 0.29) is 0 Å². The molecule has 0 aliphatic rings. The van der Waals surface area contributed by atoms with Crippen LogP contribution in [-0.4, -0.2) is 47.3 Å². The lowest BCUT2D eigenvalue weighted by atomic mass is 10.1. The molecule has 8 heteroatoms. The summed E-state index contributed by atoms with van der Waals surface area (Å²) < 4.78 is 35.4. The van der Waals surface area contributed by atoms with Gasteiger partial charge in [-0.05, 0) is 13.8 Å². The van der Waals surface area contributed by atoms with E-state index in [9.17, 15) is 22.8 Å². The van der Waals surface area contributed by atoms with Crippen molar-refractivity contribution in [3.8, 4) is 0 Å². The van der Waals surface area contributed by atoms with Gasteiger partial charge in [-0.2, -0.15) is 13.2 Å². The zero-order valence-corrected chi connectivity index (χ0v) is 9.05. The van der Waals surface area contributed by atoms with Crippen molar-refractivity contribution in [1.29, 1.82) is 0 Å². The number of likely N-dealkylation sites (N-methyl/N-ethyl adjacent to an activating group) is 1. The van der Waals surface area contributed by atoms with E-state index >= 15 is 0 Å². The number of carboxylic acids is 1. The number of carboxylic acid groups (broad SMARTS) is 1. The lowest BCUT2D eigenvalue weighted by Crippen LogP contribution is -2.55. The Morgan fingerprint density at radius 1 is 1.31 bits per heavy atom. The van der Waals surface area contributed by atoms with Gasteiger partial charge in [0.25, 0.3) is 0 Å². The van der Waals surface area contributed by atoms with E-state index in [0.717, 1.165) is 7.05 Å². The van der Waals surface area contributed by atoms with Gasteiger partial charge in [0, 0.05) is 7.05 Å². The van der Waals surface area contributed by atoms with Crippen LogP contribution in [0.3, 0.4) is 0 Å². The SMILES string of the molecule is CN(C(=O)NCC(F)(F)F)C(C)(C)C(=O)O. The van der Waals surface area contributed by atoms with Crippen LogP contribution >= 0.6 is 0 Å². The van der Waals surface area contributed by atoms with Crippen LogP contribution in [0.15, 0.2) is 0 Å². The van der Waals surface area contributed by atoms with Crippen LogP contribution in [0.25, 0.3) is 0 Å². The number of rotatable bonds is 3. The number of hydrogen-bond acceptors (Lipinski definition) is 2. The molecule has 0 saturated carbocycles. The maximum atomic E-state index is 11.8. The van der Waals surface area contributed by atoms with Crippen LogP contribution in [0.4, 0.5) is 18.0 Å². The molecule has 0 aliphatic carbocycles. The van der Waals surface area contributed by atoms with Gasteiger partial charge >= 0.3 is 18.2 Å². The first-order chi connectivity index (χ1) is 6.98. The minimum Gasteiger partial charge on any atom is -0.480 e. The van der Waals surface area contributed by atoms with E-state index in [0.29, 0.717) is 4.90 Å². The molecule has 0 fully saturated rings. The number of nitrogens with one attached hydrogen (secondary N) is 1. The second kappa shape index (κ2) is 4.58. The number of nitrogens with zero attached hydrogens (tertiary/aromatic N) is 1. The predicted octanol–water partition coefficient (Wildman–Crippen LogP) is 1.05. The zero-order chi connectivity index (χ0) is 13.1. The summed E-state index contributed by atoms with van der Waals surface area (Å²) in [5.41, 5.74) is -1.57. The Labute approximate surface area is 90.2 Å². The molecule has 0 aromatic carbocycles. The average molecular weight is 242 g/mol. The van der Waals surface area contributed by atoms with Gasteiger partial charge in [-0.25, -0.2) is 9.59 Å². The Morgan fingerprint density at radius 3 is 2.06 bits per heavy atom. The number of hydrogen-bond donors (Lipinski definition) is 2. The fourth-order valence-corrected chi connectivity index (χ4v) is 0.692. The summed E-state index contributed by atoms with van der Waals surface area (Å²) in [4.78, 5) is 22.6. The zero-order valence-electron chi connectivity index (χ0n) is 9.05. The van der Waals surface area contributed by atoms with Crippen molar-refractivity contribution in [2.24, 2.45) is 0 Å². The van der Waals surface area contributed by atoms with Gasteiger partial charge in [-0.3, -0.25) is 0 Å². The first-order valence-electron chi connectivity index (χ1n) is 4.30. The molecule has 0 aromatic heterocycles. The van der Waals surface area contributed by atoms with E-state index in [1.807, 2.05) is 0 Å². The fourth-order valence-electron chi connectivity index (χ4n) is 0.692. The van der Waals surface area contributed by atoms with Crippen molar-refractivity contribution in [1.82, 2.24) is 10.2 Å². The Morgan fingerprint density at radius 2 is 1.75 bits per heavy atom. The van der Waals surface area contributed by atoms with Gasteiger partial charge in [-0.15, -0.1) is 0 Å². The number of carbonyl (C=O) groups excluding carboxylic acids is 1. The second-order valence-electron chi connectivity index (χ2n) is 3.70. The first kappa shape index (κ1) is 14.5. The van der Waals surface area contributed by atoms with E-state index in [1.165, 1.54) is 13.8 Å². The normalized spacial score (nSPS) is 12.1. The van der Waals surface area contributed by atoms with Gasteiger partial charge in [-0.1, -0.05) is 0 Å². The topological polar surface area (TPSA) is 69.6 Å². The molecule has 0 radical (unpaired) electrons.